The van der Waals surface area contributed by atoms with E-state index < -0.39 is 0 Å². The van der Waals surface area contributed by atoms with Crippen molar-refractivity contribution in [1.82, 2.24) is 9.13 Å². The molecule has 0 saturated heterocycles. The molecule has 328 valence electrons. The SMILES string of the molecule is C.C.CCc1cc2cc(C(=O)C3CCC(OC)CC3)ccc2n(Cc2ccccc2)c1=O.CCc1cc2cc(C(=O)C3CCC(OC)CC3)ccc2n(Cc2ccccc2)c1=O. The first-order valence-electron chi connectivity index (χ1n) is 21.8. The third kappa shape index (κ3) is 10.8. The van der Waals surface area contributed by atoms with Crippen LogP contribution in [0.3, 0.4) is 0 Å². The van der Waals surface area contributed by atoms with E-state index in [2.05, 4.69) is 0 Å². The number of aromatic nitrogens is 2. The van der Waals surface area contributed by atoms with Crippen molar-refractivity contribution in [3.05, 3.63) is 163 Å². The molecule has 2 aliphatic rings. The molecule has 2 aliphatic carbocycles. The number of carbonyl (C=O) groups is 2. The van der Waals surface area contributed by atoms with Crippen LogP contribution in [0.4, 0.5) is 0 Å². The van der Waals surface area contributed by atoms with E-state index in [-0.39, 0.29) is 61.6 Å². The van der Waals surface area contributed by atoms with E-state index in [1.807, 2.05) is 132 Å². The predicted molar refractivity (Wildman–Crippen MR) is 254 cm³/mol. The summed E-state index contributed by atoms with van der Waals surface area (Å²) in [7, 11) is 3.49. The fourth-order valence-electron chi connectivity index (χ4n) is 9.15. The molecule has 0 N–H and O–H groups in total. The molecule has 0 aliphatic heterocycles. The number of ketones is 2. The van der Waals surface area contributed by atoms with Crippen LogP contribution in [-0.2, 0) is 35.4 Å². The highest BCUT2D eigenvalue weighted by Gasteiger charge is 2.28. The van der Waals surface area contributed by atoms with Crippen LogP contribution in [-0.4, -0.2) is 47.1 Å². The van der Waals surface area contributed by atoms with Crippen LogP contribution < -0.4 is 11.1 Å². The number of hydrogen-bond acceptors (Lipinski definition) is 6. The standard InChI is InChI=1S/2C26H29NO3.2CH4/c2*1-3-19-15-22-16-21(25(28)20-9-12-23(30-2)13-10-20)11-14-24(22)27(26(19)29)17-18-7-5-4-6-8-18;;/h2*4-8,11,14-16,20,23H,3,9-10,12-13,17H2,1-2H3;2*1H4. The van der Waals surface area contributed by atoms with Crippen molar-refractivity contribution in [1.29, 1.82) is 0 Å². The fourth-order valence-corrected chi connectivity index (χ4v) is 9.15. The third-order valence-electron chi connectivity index (χ3n) is 12.8. The van der Waals surface area contributed by atoms with Gasteiger partial charge in [0, 0.05) is 48.3 Å². The Balaban J connectivity index is 0.000000227. The van der Waals surface area contributed by atoms with Crippen LogP contribution in [0.1, 0.15) is 123 Å². The molecule has 2 fully saturated rings. The molecule has 2 saturated carbocycles. The zero-order chi connectivity index (χ0) is 42.2. The van der Waals surface area contributed by atoms with Crippen molar-refractivity contribution in [3.63, 3.8) is 0 Å². The number of pyridine rings is 2. The van der Waals surface area contributed by atoms with Crippen molar-refractivity contribution in [3.8, 4) is 0 Å². The van der Waals surface area contributed by atoms with Gasteiger partial charge in [0.2, 0.25) is 0 Å². The molecule has 8 nitrogen and oxygen atoms in total. The molecule has 0 unspecified atom stereocenters. The first-order valence-corrected chi connectivity index (χ1v) is 21.8. The molecule has 8 rings (SSSR count). The number of benzene rings is 4. The second-order valence-electron chi connectivity index (χ2n) is 16.5. The summed E-state index contributed by atoms with van der Waals surface area (Å²) in [5, 5.41) is 1.91. The summed E-state index contributed by atoms with van der Waals surface area (Å²) in [4.78, 5) is 52.3. The largest absolute Gasteiger partial charge is 0.381 e. The Hall–Kier alpha value is -5.44. The molecule has 62 heavy (non-hydrogen) atoms. The van der Waals surface area contributed by atoms with Gasteiger partial charge in [0.25, 0.3) is 11.1 Å². The second kappa shape index (κ2) is 22.1. The summed E-state index contributed by atoms with van der Waals surface area (Å²) in [6.07, 6.45) is 9.18. The first-order chi connectivity index (χ1) is 29.2. The average molecular weight is 839 g/mol. The zero-order valence-electron chi connectivity index (χ0n) is 35.5. The van der Waals surface area contributed by atoms with Crippen LogP contribution in [0.25, 0.3) is 21.8 Å². The van der Waals surface area contributed by atoms with Crippen molar-refractivity contribution >= 4 is 33.4 Å². The van der Waals surface area contributed by atoms with Crippen molar-refractivity contribution in [2.24, 2.45) is 11.8 Å². The monoisotopic (exact) mass is 838 g/mol. The van der Waals surface area contributed by atoms with E-state index in [1.165, 1.54) is 0 Å². The van der Waals surface area contributed by atoms with Gasteiger partial charge in [0.05, 0.1) is 36.3 Å². The number of Topliss-reactive ketones (excluding diaryl/α,β-unsaturated/α-hetero) is 2. The highest BCUT2D eigenvalue weighted by molar-refractivity contribution is 6.02. The smallest absolute Gasteiger partial charge is 0.254 e. The Labute approximate surface area is 367 Å². The maximum atomic E-state index is 13.1. The highest BCUT2D eigenvalue weighted by atomic mass is 16.5. The molecular formula is C54H66N2O6. The number of hydrogen-bond donors (Lipinski definition) is 0. The Bertz CT molecular complexity index is 2360. The van der Waals surface area contributed by atoms with E-state index in [1.54, 1.807) is 14.2 Å². The van der Waals surface area contributed by atoms with E-state index in [0.29, 0.717) is 25.9 Å². The minimum Gasteiger partial charge on any atom is -0.381 e. The van der Waals surface area contributed by atoms with Gasteiger partial charge in [-0.25, -0.2) is 0 Å². The molecule has 2 aromatic heterocycles. The second-order valence-corrected chi connectivity index (χ2v) is 16.5. The van der Waals surface area contributed by atoms with Gasteiger partial charge in [0.1, 0.15) is 0 Å². The van der Waals surface area contributed by atoms with Crippen LogP contribution in [0.5, 0.6) is 0 Å². The minimum absolute atomic E-state index is 0. The van der Waals surface area contributed by atoms with Gasteiger partial charge in [-0.3, -0.25) is 19.2 Å². The molecule has 0 atom stereocenters. The van der Waals surface area contributed by atoms with E-state index >= 15 is 0 Å². The summed E-state index contributed by atoms with van der Waals surface area (Å²) in [6, 6.07) is 35.5. The third-order valence-corrected chi connectivity index (χ3v) is 12.8. The number of carbonyl (C=O) groups excluding carboxylic acids is 2. The molecule has 0 amide bonds. The summed E-state index contributed by atoms with van der Waals surface area (Å²) >= 11 is 0. The maximum Gasteiger partial charge on any atom is 0.254 e. The number of methoxy groups -OCH3 is 2. The normalized spacial score (nSPS) is 18.5. The van der Waals surface area contributed by atoms with Crippen molar-refractivity contribution < 1.29 is 19.1 Å². The summed E-state index contributed by atoms with van der Waals surface area (Å²) in [5.74, 6) is 0.556. The molecule has 0 spiro atoms. The maximum absolute atomic E-state index is 13.1. The van der Waals surface area contributed by atoms with Crippen LogP contribution in [0.2, 0.25) is 0 Å². The van der Waals surface area contributed by atoms with E-state index in [4.69, 9.17) is 9.47 Å². The Morgan fingerprint density at radius 2 is 0.871 bits per heavy atom. The lowest BCUT2D eigenvalue weighted by Gasteiger charge is -2.26. The van der Waals surface area contributed by atoms with Gasteiger partial charge in [-0.1, -0.05) is 89.4 Å². The molecular weight excluding hydrogens is 773 g/mol. The van der Waals surface area contributed by atoms with Gasteiger partial charge in [0.15, 0.2) is 11.6 Å². The van der Waals surface area contributed by atoms with E-state index in [0.717, 1.165) is 107 Å². The lowest BCUT2D eigenvalue weighted by atomic mass is 9.82. The Morgan fingerprint density at radius 3 is 1.19 bits per heavy atom. The van der Waals surface area contributed by atoms with Crippen LogP contribution >= 0.6 is 0 Å². The van der Waals surface area contributed by atoms with Crippen molar-refractivity contribution in [2.75, 3.05) is 14.2 Å². The molecule has 0 bridgehead atoms. The highest BCUT2D eigenvalue weighted by Crippen LogP contribution is 2.31. The zero-order valence-corrected chi connectivity index (χ0v) is 35.5. The van der Waals surface area contributed by atoms with Crippen LogP contribution in [0, 0.1) is 11.8 Å². The number of rotatable bonds is 12. The average Bonchev–Trinajstić information content (AvgIpc) is 3.30. The topological polar surface area (TPSA) is 96.6 Å². The number of nitrogens with zero attached hydrogens (tertiary/aromatic N) is 2. The van der Waals surface area contributed by atoms with Gasteiger partial charge in [-0.15, -0.1) is 0 Å². The Kier molecular flexibility index (Phi) is 16.9. The van der Waals surface area contributed by atoms with Gasteiger partial charge >= 0.3 is 0 Å². The molecule has 0 radical (unpaired) electrons. The molecule has 2 heterocycles. The van der Waals surface area contributed by atoms with Crippen molar-refractivity contribution in [2.45, 2.75) is 118 Å². The first kappa shape index (κ1) is 47.6. The quantitative estimate of drug-likeness (QED) is 0.114. The molecule has 8 heteroatoms. The number of aryl methyl sites for hydroxylation is 2. The van der Waals surface area contributed by atoms with Gasteiger partial charge < -0.3 is 18.6 Å². The van der Waals surface area contributed by atoms with Gasteiger partial charge in [-0.2, -0.15) is 0 Å². The number of fused-ring (bicyclic) bond motifs is 2. The van der Waals surface area contributed by atoms with E-state index in [9.17, 15) is 19.2 Å². The predicted octanol–water partition coefficient (Wildman–Crippen LogP) is 11.3. The fraction of sp³-hybridized carbons (Fsp3) is 0.407. The number of ether oxygens (including phenoxy) is 2. The summed E-state index contributed by atoms with van der Waals surface area (Å²) < 4.78 is 14.5. The molecule has 6 aromatic rings. The lowest BCUT2D eigenvalue weighted by molar-refractivity contribution is 0.0515. The van der Waals surface area contributed by atoms with Crippen LogP contribution in [0.15, 0.2) is 119 Å². The molecule has 4 aromatic carbocycles. The summed E-state index contributed by atoms with van der Waals surface area (Å²) in [5.41, 5.74) is 7.07. The van der Waals surface area contributed by atoms with Gasteiger partial charge in [-0.05, 0) is 135 Å². The lowest BCUT2D eigenvalue weighted by Crippen LogP contribution is -2.26. The minimum atomic E-state index is 0. The Morgan fingerprint density at radius 1 is 0.516 bits per heavy atom. The summed E-state index contributed by atoms with van der Waals surface area (Å²) in [6.45, 7) is 5.05.